The highest BCUT2D eigenvalue weighted by Gasteiger charge is 2.36. The Morgan fingerprint density at radius 2 is 1.71 bits per heavy atom. The van der Waals surface area contributed by atoms with E-state index in [4.69, 9.17) is 10.3 Å². The molecule has 0 N–H and O–H groups in total. The van der Waals surface area contributed by atoms with Gasteiger partial charge in [-0.3, -0.25) is 9.59 Å². The smallest absolute Gasteiger partial charge is 0.410 e. The van der Waals surface area contributed by atoms with E-state index >= 15 is 0 Å². The number of ether oxygens (including phenoxy) is 1. The van der Waals surface area contributed by atoms with Gasteiger partial charge in [-0.1, -0.05) is 0 Å². The van der Waals surface area contributed by atoms with Crippen molar-refractivity contribution >= 4 is 23.4 Å². The number of rotatable bonds is 3. The Labute approximate surface area is 123 Å². The van der Waals surface area contributed by atoms with Crippen molar-refractivity contribution in [2.24, 2.45) is 5.92 Å². The number of carbonyl (C=O) groups is 3. The Balaban J connectivity index is 2.60. The monoisotopic (exact) mass is 295 g/mol. The number of piperidine rings is 1. The van der Waals surface area contributed by atoms with E-state index in [1.165, 1.54) is 6.92 Å². The minimum absolute atomic E-state index is 0.377. The zero-order valence-electron chi connectivity index (χ0n) is 12.9. The molecule has 0 unspecified atom stereocenters. The zero-order valence-corrected chi connectivity index (χ0v) is 12.9. The lowest BCUT2D eigenvalue weighted by atomic mass is 9.89. The molecule has 0 aliphatic carbocycles. The average molecular weight is 295 g/mol. The molecular weight excluding hydrogens is 274 g/mol. The molecule has 0 spiro atoms. The van der Waals surface area contributed by atoms with Gasteiger partial charge in [-0.15, -0.1) is 0 Å². The van der Waals surface area contributed by atoms with E-state index in [0.717, 1.165) is 0 Å². The maximum absolute atomic E-state index is 12.0. The van der Waals surface area contributed by atoms with Crippen LogP contribution in [0.2, 0.25) is 0 Å². The van der Waals surface area contributed by atoms with Crippen LogP contribution in [0.4, 0.5) is 4.79 Å². The molecule has 1 aliphatic heterocycles. The second-order valence-electron chi connectivity index (χ2n) is 6.11. The van der Waals surface area contributed by atoms with Gasteiger partial charge < -0.3 is 15.2 Å². The first-order valence-corrected chi connectivity index (χ1v) is 6.91. The SMILES string of the molecule is CC(=O)C(=[N+]=[N-])C(=O)C1CCN(C(=O)OC(C)(C)C)CC1. The zero-order chi connectivity index (χ0) is 16.2. The topological polar surface area (TPSA) is 100 Å². The third-order valence-electron chi connectivity index (χ3n) is 3.18. The van der Waals surface area contributed by atoms with Crippen LogP contribution >= 0.6 is 0 Å². The summed E-state index contributed by atoms with van der Waals surface area (Å²) in [6.07, 6.45) is 0.436. The third kappa shape index (κ3) is 4.79. The van der Waals surface area contributed by atoms with Crippen molar-refractivity contribution in [3.8, 4) is 0 Å². The molecule has 7 nitrogen and oxygen atoms in total. The Morgan fingerprint density at radius 1 is 1.19 bits per heavy atom. The minimum Gasteiger partial charge on any atom is -0.444 e. The first-order valence-electron chi connectivity index (χ1n) is 6.91. The second-order valence-corrected chi connectivity index (χ2v) is 6.11. The van der Waals surface area contributed by atoms with Gasteiger partial charge in [0.05, 0.1) is 0 Å². The van der Waals surface area contributed by atoms with E-state index in [0.29, 0.717) is 25.9 Å². The normalized spacial score (nSPS) is 16.1. The fourth-order valence-electron chi connectivity index (χ4n) is 2.14. The number of hydrogen-bond donors (Lipinski definition) is 0. The van der Waals surface area contributed by atoms with E-state index in [9.17, 15) is 14.4 Å². The average Bonchev–Trinajstić information content (AvgIpc) is 2.37. The molecule has 1 rings (SSSR count). The van der Waals surface area contributed by atoms with Crippen LogP contribution < -0.4 is 0 Å². The van der Waals surface area contributed by atoms with E-state index in [-0.39, 0.29) is 0 Å². The highest BCUT2D eigenvalue weighted by atomic mass is 16.6. The Hall–Kier alpha value is -2.01. The Kier molecular flexibility index (Phi) is 5.38. The summed E-state index contributed by atoms with van der Waals surface area (Å²) in [7, 11) is 0. The number of hydrogen-bond acceptors (Lipinski definition) is 4. The lowest BCUT2D eigenvalue weighted by molar-refractivity contribution is -0.126. The van der Waals surface area contributed by atoms with Crippen LogP contribution in [0.25, 0.3) is 5.53 Å². The van der Waals surface area contributed by atoms with Crippen LogP contribution in [0, 0.1) is 5.92 Å². The molecule has 21 heavy (non-hydrogen) atoms. The van der Waals surface area contributed by atoms with Gasteiger partial charge in [0.2, 0.25) is 5.78 Å². The van der Waals surface area contributed by atoms with Crippen LogP contribution in [0.3, 0.4) is 0 Å². The predicted octanol–water partition coefficient (Wildman–Crippen LogP) is 1.46. The molecule has 1 fully saturated rings. The van der Waals surface area contributed by atoms with Crippen LogP contribution in [-0.2, 0) is 14.3 Å². The van der Waals surface area contributed by atoms with Crippen molar-refractivity contribution in [1.82, 2.24) is 4.90 Å². The summed E-state index contributed by atoms with van der Waals surface area (Å²) in [5.74, 6) is -1.43. The maximum atomic E-state index is 12.0. The molecule has 0 aromatic rings. The van der Waals surface area contributed by atoms with Gasteiger partial charge in [-0.25, -0.2) is 4.79 Å². The van der Waals surface area contributed by atoms with Crippen LogP contribution in [-0.4, -0.2) is 51.8 Å². The lowest BCUT2D eigenvalue weighted by Crippen LogP contribution is -2.44. The molecule has 1 aliphatic rings. The van der Waals surface area contributed by atoms with Crippen molar-refractivity contribution in [2.45, 2.75) is 46.1 Å². The number of likely N-dealkylation sites (tertiary alicyclic amines) is 1. The van der Waals surface area contributed by atoms with E-state index < -0.39 is 34.9 Å². The molecule has 0 aromatic heterocycles. The highest BCUT2D eigenvalue weighted by molar-refractivity contribution is 6.64. The fraction of sp³-hybridized carbons (Fsp3) is 0.714. The van der Waals surface area contributed by atoms with E-state index in [1.807, 2.05) is 0 Å². The fourth-order valence-corrected chi connectivity index (χ4v) is 2.14. The van der Waals surface area contributed by atoms with Crippen molar-refractivity contribution < 1.29 is 23.9 Å². The largest absolute Gasteiger partial charge is 0.444 e. The number of Topliss-reactive ketones (excluding diaryl/α,β-unsaturated/α-hetero) is 2. The minimum atomic E-state index is -0.560. The summed E-state index contributed by atoms with van der Waals surface area (Å²) < 4.78 is 5.26. The van der Waals surface area contributed by atoms with Crippen LogP contribution in [0.5, 0.6) is 0 Å². The number of ketones is 2. The highest BCUT2D eigenvalue weighted by Crippen LogP contribution is 2.20. The van der Waals surface area contributed by atoms with Crippen LogP contribution in [0.1, 0.15) is 40.5 Å². The molecule has 0 bridgehead atoms. The first kappa shape index (κ1) is 17.0. The predicted molar refractivity (Wildman–Crippen MR) is 74.8 cm³/mol. The number of carbonyl (C=O) groups excluding carboxylic acids is 3. The van der Waals surface area contributed by atoms with Crippen molar-refractivity contribution in [3.63, 3.8) is 0 Å². The molecule has 116 valence electrons. The quantitative estimate of drug-likeness (QED) is 0.340. The molecule has 1 heterocycles. The van der Waals surface area contributed by atoms with Crippen LogP contribution in [0.15, 0.2) is 0 Å². The first-order chi connectivity index (χ1) is 9.65. The molecule has 7 heteroatoms. The molecular formula is C14H21N3O4. The lowest BCUT2D eigenvalue weighted by Gasteiger charge is -2.32. The summed E-state index contributed by atoms with van der Waals surface area (Å²) in [6.45, 7) is 7.31. The Bertz CT molecular complexity index is 493. The molecule has 1 amide bonds. The summed E-state index contributed by atoms with van der Waals surface area (Å²) in [5.41, 5.74) is 7.74. The van der Waals surface area contributed by atoms with Crippen molar-refractivity contribution in [2.75, 3.05) is 13.1 Å². The number of nitrogens with zero attached hydrogens (tertiary/aromatic N) is 3. The molecule has 0 radical (unpaired) electrons. The van der Waals surface area contributed by atoms with Gasteiger partial charge in [0.15, 0.2) is 0 Å². The Morgan fingerprint density at radius 3 is 2.10 bits per heavy atom. The van der Waals surface area contributed by atoms with E-state index in [1.54, 1.807) is 25.7 Å². The standard InChI is InChI=1S/C14H21N3O4/c1-9(18)11(16-15)12(19)10-5-7-17(8-6-10)13(20)21-14(2,3)4/h10H,5-8H2,1-4H3. The molecule has 1 saturated heterocycles. The van der Waals surface area contributed by atoms with E-state index in [2.05, 4.69) is 4.79 Å². The van der Waals surface area contributed by atoms with Gasteiger partial charge in [0.25, 0.3) is 5.78 Å². The second kappa shape index (κ2) is 6.63. The summed E-state index contributed by atoms with van der Waals surface area (Å²) in [4.78, 5) is 39.4. The summed E-state index contributed by atoms with van der Waals surface area (Å²) in [5, 5.41) is 0. The van der Waals surface area contributed by atoms with Gasteiger partial charge in [0, 0.05) is 25.9 Å². The van der Waals surface area contributed by atoms with Gasteiger partial charge in [-0.05, 0) is 33.6 Å². The summed E-state index contributed by atoms with van der Waals surface area (Å²) in [6, 6.07) is 0. The third-order valence-corrected chi connectivity index (χ3v) is 3.18. The molecule has 0 saturated carbocycles. The van der Waals surface area contributed by atoms with Crippen molar-refractivity contribution in [1.29, 1.82) is 0 Å². The molecule has 0 aromatic carbocycles. The summed E-state index contributed by atoms with van der Waals surface area (Å²) >= 11 is 0. The van der Waals surface area contributed by atoms with Crippen molar-refractivity contribution in [3.05, 3.63) is 5.53 Å². The maximum Gasteiger partial charge on any atom is 0.410 e. The molecule has 0 atom stereocenters. The van der Waals surface area contributed by atoms with Gasteiger partial charge in [0.1, 0.15) is 5.60 Å². The van der Waals surface area contributed by atoms with Gasteiger partial charge >= 0.3 is 11.8 Å². The number of amides is 1. The van der Waals surface area contributed by atoms with Gasteiger partial charge in [-0.2, -0.15) is 4.79 Å².